The molecular weight excluding hydrogens is 258 g/mol. The van der Waals surface area contributed by atoms with Crippen molar-refractivity contribution in [3.8, 4) is 0 Å². The molecule has 6 heteroatoms. The molecule has 2 rings (SSSR count). The van der Waals surface area contributed by atoms with Gasteiger partial charge in [-0.3, -0.25) is 4.68 Å². The van der Waals surface area contributed by atoms with E-state index in [1.807, 2.05) is 13.1 Å². The summed E-state index contributed by atoms with van der Waals surface area (Å²) in [5.74, 6) is 0. The molecule has 0 aromatic carbocycles. The Morgan fingerprint density at radius 3 is 2.88 bits per heavy atom. The molecule has 0 saturated carbocycles. The Bertz CT molecular complexity index is 509. The summed E-state index contributed by atoms with van der Waals surface area (Å²) in [6.07, 6.45) is 2.35. The van der Waals surface area contributed by atoms with Crippen molar-refractivity contribution < 1.29 is 5.11 Å². The molecule has 0 aliphatic rings. The molecule has 17 heavy (non-hydrogen) atoms. The third-order valence-corrected chi connectivity index (χ3v) is 3.79. The van der Waals surface area contributed by atoms with Crippen LogP contribution in [0, 0.1) is 0 Å². The molecule has 0 aliphatic carbocycles. The van der Waals surface area contributed by atoms with E-state index in [0.29, 0.717) is 15.8 Å². The second kappa shape index (κ2) is 5.16. The van der Waals surface area contributed by atoms with E-state index in [4.69, 9.17) is 11.6 Å². The number of halogens is 1. The average Bonchev–Trinajstić information content (AvgIpc) is 2.86. The van der Waals surface area contributed by atoms with Crippen molar-refractivity contribution in [1.82, 2.24) is 14.8 Å². The highest BCUT2D eigenvalue weighted by molar-refractivity contribution is 7.15. The molecule has 0 fully saturated rings. The molecule has 0 amide bonds. The summed E-state index contributed by atoms with van der Waals surface area (Å²) < 4.78 is 2.40. The first kappa shape index (κ1) is 12.5. The van der Waals surface area contributed by atoms with Gasteiger partial charge in [-0.2, -0.15) is 5.10 Å². The summed E-state index contributed by atoms with van der Waals surface area (Å²) in [4.78, 5) is 4.08. The Morgan fingerprint density at radius 1 is 1.59 bits per heavy atom. The second-order valence-electron chi connectivity index (χ2n) is 3.83. The Hall–Kier alpha value is -0.910. The monoisotopic (exact) mass is 271 g/mol. The lowest BCUT2D eigenvalue weighted by Gasteiger charge is -2.06. The van der Waals surface area contributed by atoms with Crippen molar-refractivity contribution in [2.75, 3.05) is 0 Å². The SMILES string of the molecule is CCc1cc(CC(O)c2ncc(Cl)s2)n(C)n1. The lowest BCUT2D eigenvalue weighted by molar-refractivity contribution is 0.175. The molecule has 2 aromatic heterocycles. The van der Waals surface area contributed by atoms with E-state index < -0.39 is 6.10 Å². The lowest BCUT2D eigenvalue weighted by atomic mass is 10.2. The van der Waals surface area contributed by atoms with E-state index in [-0.39, 0.29) is 0 Å². The largest absolute Gasteiger partial charge is 0.386 e. The number of aryl methyl sites for hydroxylation is 2. The number of nitrogens with zero attached hydrogens (tertiary/aromatic N) is 3. The van der Waals surface area contributed by atoms with Crippen LogP contribution in [-0.4, -0.2) is 19.9 Å². The first-order chi connectivity index (χ1) is 8.10. The highest BCUT2D eigenvalue weighted by Gasteiger charge is 2.15. The third kappa shape index (κ3) is 2.86. The molecule has 1 unspecified atom stereocenters. The molecule has 0 saturated heterocycles. The number of hydrogen-bond acceptors (Lipinski definition) is 4. The van der Waals surface area contributed by atoms with Gasteiger partial charge in [-0.25, -0.2) is 4.98 Å². The summed E-state index contributed by atoms with van der Waals surface area (Å²) in [6.45, 7) is 2.06. The molecule has 0 bridgehead atoms. The summed E-state index contributed by atoms with van der Waals surface area (Å²) >= 11 is 7.10. The number of aliphatic hydroxyl groups is 1. The van der Waals surface area contributed by atoms with E-state index in [1.54, 1.807) is 10.9 Å². The van der Waals surface area contributed by atoms with Crippen molar-refractivity contribution in [3.05, 3.63) is 33.0 Å². The zero-order valence-corrected chi connectivity index (χ0v) is 11.3. The van der Waals surface area contributed by atoms with Gasteiger partial charge in [0.05, 0.1) is 11.9 Å². The number of hydrogen-bond donors (Lipinski definition) is 1. The van der Waals surface area contributed by atoms with Crippen molar-refractivity contribution in [2.24, 2.45) is 7.05 Å². The van der Waals surface area contributed by atoms with E-state index >= 15 is 0 Å². The van der Waals surface area contributed by atoms with Crippen molar-refractivity contribution in [1.29, 1.82) is 0 Å². The van der Waals surface area contributed by atoms with Crippen LogP contribution in [0.5, 0.6) is 0 Å². The minimum Gasteiger partial charge on any atom is -0.386 e. The van der Waals surface area contributed by atoms with Gasteiger partial charge in [0, 0.05) is 19.2 Å². The molecule has 1 atom stereocenters. The van der Waals surface area contributed by atoms with E-state index in [1.165, 1.54) is 11.3 Å². The van der Waals surface area contributed by atoms with Gasteiger partial charge < -0.3 is 5.11 Å². The van der Waals surface area contributed by atoms with Crippen LogP contribution in [-0.2, 0) is 19.9 Å². The number of aromatic nitrogens is 3. The fraction of sp³-hybridized carbons (Fsp3) is 0.455. The van der Waals surface area contributed by atoms with Gasteiger partial charge in [0.25, 0.3) is 0 Å². The Kier molecular flexibility index (Phi) is 3.81. The fourth-order valence-electron chi connectivity index (χ4n) is 1.64. The molecular formula is C11H14ClN3OS. The summed E-state index contributed by atoms with van der Waals surface area (Å²) in [5.41, 5.74) is 2.03. The maximum atomic E-state index is 10.0. The van der Waals surface area contributed by atoms with E-state index in [9.17, 15) is 5.11 Å². The predicted molar refractivity (Wildman–Crippen MR) is 68.4 cm³/mol. The van der Waals surface area contributed by atoms with Crippen LogP contribution >= 0.6 is 22.9 Å². The fourth-order valence-corrected chi connectivity index (χ4v) is 2.56. The molecule has 0 aliphatic heterocycles. The molecule has 0 spiro atoms. The molecule has 0 radical (unpaired) electrons. The summed E-state index contributed by atoms with van der Waals surface area (Å²) in [7, 11) is 1.88. The van der Waals surface area contributed by atoms with Crippen LogP contribution in [0.25, 0.3) is 0 Å². The summed E-state index contributed by atoms with van der Waals surface area (Å²) in [6, 6.07) is 2.01. The van der Waals surface area contributed by atoms with Crippen LogP contribution in [0.3, 0.4) is 0 Å². The van der Waals surface area contributed by atoms with Gasteiger partial charge >= 0.3 is 0 Å². The second-order valence-corrected chi connectivity index (χ2v) is 5.52. The van der Waals surface area contributed by atoms with Crippen LogP contribution in [0.4, 0.5) is 0 Å². The van der Waals surface area contributed by atoms with Crippen LogP contribution < -0.4 is 0 Å². The maximum absolute atomic E-state index is 10.0. The van der Waals surface area contributed by atoms with Crippen molar-refractivity contribution >= 4 is 22.9 Å². The van der Waals surface area contributed by atoms with E-state index in [0.717, 1.165) is 17.8 Å². The number of thiazole rings is 1. The number of aliphatic hydroxyl groups excluding tert-OH is 1. The number of rotatable bonds is 4. The topological polar surface area (TPSA) is 50.9 Å². The Labute approximate surface area is 109 Å². The van der Waals surface area contributed by atoms with Crippen molar-refractivity contribution in [2.45, 2.75) is 25.9 Å². The zero-order chi connectivity index (χ0) is 12.4. The maximum Gasteiger partial charge on any atom is 0.123 e. The van der Waals surface area contributed by atoms with Gasteiger partial charge in [0.1, 0.15) is 15.4 Å². The first-order valence-electron chi connectivity index (χ1n) is 5.41. The molecule has 1 N–H and O–H groups in total. The molecule has 2 aromatic rings. The summed E-state index contributed by atoms with van der Waals surface area (Å²) in [5, 5.41) is 15.0. The van der Waals surface area contributed by atoms with Crippen LogP contribution in [0.15, 0.2) is 12.3 Å². The quantitative estimate of drug-likeness (QED) is 0.929. The molecule has 92 valence electrons. The first-order valence-corrected chi connectivity index (χ1v) is 6.60. The zero-order valence-electron chi connectivity index (χ0n) is 9.72. The third-order valence-electron chi connectivity index (χ3n) is 2.57. The van der Waals surface area contributed by atoms with Gasteiger partial charge in [-0.15, -0.1) is 11.3 Å². The van der Waals surface area contributed by atoms with Crippen LogP contribution in [0.2, 0.25) is 4.34 Å². The minimum absolute atomic E-state index is 0.507. The Balaban J connectivity index is 2.12. The smallest absolute Gasteiger partial charge is 0.123 e. The highest BCUT2D eigenvalue weighted by atomic mass is 35.5. The van der Waals surface area contributed by atoms with Crippen LogP contribution in [0.1, 0.15) is 29.4 Å². The molecule has 4 nitrogen and oxygen atoms in total. The normalized spacial score (nSPS) is 12.9. The Morgan fingerprint density at radius 2 is 2.35 bits per heavy atom. The molecule has 2 heterocycles. The standard InChI is InChI=1S/C11H14ClN3OS/c1-3-7-4-8(15(2)14-7)5-9(16)11-13-6-10(12)17-11/h4,6,9,16H,3,5H2,1-2H3. The van der Waals surface area contributed by atoms with Gasteiger partial charge in [-0.1, -0.05) is 18.5 Å². The average molecular weight is 272 g/mol. The van der Waals surface area contributed by atoms with E-state index in [2.05, 4.69) is 17.0 Å². The van der Waals surface area contributed by atoms with Gasteiger partial charge in [0.15, 0.2) is 0 Å². The predicted octanol–water partition coefficient (Wildman–Crippen LogP) is 2.37. The van der Waals surface area contributed by atoms with Gasteiger partial charge in [-0.05, 0) is 12.5 Å². The van der Waals surface area contributed by atoms with Crippen molar-refractivity contribution in [3.63, 3.8) is 0 Å². The minimum atomic E-state index is -0.618. The van der Waals surface area contributed by atoms with Gasteiger partial charge in [0.2, 0.25) is 0 Å². The highest BCUT2D eigenvalue weighted by Crippen LogP contribution is 2.26. The lowest BCUT2D eigenvalue weighted by Crippen LogP contribution is -2.06.